The van der Waals surface area contributed by atoms with Crippen LogP contribution in [0, 0.1) is 5.92 Å². The monoisotopic (exact) mass is 476 g/mol. The van der Waals surface area contributed by atoms with Crippen LogP contribution in [-0.2, 0) is 17.8 Å². The predicted octanol–water partition coefficient (Wildman–Crippen LogP) is 6.71. The van der Waals surface area contributed by atoms with E-state index in [-0.39, 0.29) is 11.8 Å². The maximum atomic E-state index is 12.9. The molecule has 5 nitrogen and oxygen atoms in total. The van der Waals surface area contributed by atoms with Gasteiger partial charge in [0.2, 0.25) is 5.91 Å². The Bertz CT molecular complexity index is 1180. The fraction of sp³-hybridized carbons (Fsp3) is 0.357. The van der Waals surface area contributed by atoms with Gasteiger partial charge in [0.05, 0.1) is 10.6 Å². The summed E-state index contributed by atoms with van der Waals surface area (Å²) < 4.78 is 6.11. The molecular weight excluding hydrogens is 448 g/mol. The van der Waals surface area contributed by atoms with E-state index in [4.69, 9.17) is 16.0 Å². The van der Waals surface area contributed by atoms with Crippen molar-refractivity contribution < 1.29 is 14.0 Å². The molecule has 6 heteroatoms. The van der Waals surface area contributed by atoms with Crippen LogP contribution in [0.2, 0.25) is 5.02 Å². The summed E-state index contributed by atoms with van der Waals surface area (Å²) in [5, 5.41) is 3.48. The lowest BCUT2D eigenvalue weighted by molar-refractivity contribution is -0.116. The standard InChI is InChI=1S/C28H29ClN2O3/c29-24-8-4-3-7-23(24)28(33)31-16-15-25-21(18-31)17-26(34-25)20-10-12-22(13-11-20)30-27(32)14-9-19-5-1-2-6-19/h3-4,7-8,10-13,17,19H,1-2,5-6,9,14-16,18H2,(H,30,32). The minimum atomic E-state index is -0.0629. The van der Waals surface area contributed by atoms with Crippen molar-refractivity contribution in [2.45, 2.75) is 51.5 Å². The Hall–Kier alpha value is -3.05. The molecule has 0 saturated heterocycles. The summed E-state index contributed by atoms with van der Waals surface area (Å²) >= 11 is 6.22. The molecular formula is C28H29ClN2O3. The second-order valence-corrected chi connectivity index (χ2v) is 9.74. The molecule has 1 aliphatic heterocycles. The lowest BCUT2D eigenvalue weighted by Crippen LogP contribution is -2.35. The highest BCUT2D eigenvalue weighted by molar-refractivity contribution is 6.33. The van der Waals surface area contributed by atoms with Gasteiger partial charge in [-0.2, -0.15) is 0 Å². The van der Waals surface area contributed by atoms with E-state index in [2.05, 4.69) is 5.32 Å². The van der Waals surface area contributed by atoms with Crippen LogP contribution in [0.4, 0.5) is 5.69 Å². The van der Waals surface area contributed by atoms with Crippen LogP contribution in [0.1, 0.15) is 60.2 Å². The lowest BCUT2D eigenvalue weighted by Gasteiger charge is -2.26. The number of fused-ring (bicyclic) bond motifs is 1. The molecule has 0 atom stereocenters. The van der Waals surface area contributed by atoms with E-state index >= 15 is 0 Å². The minimum Gasteiger partial charge on any atom is -0.461 e. The van der Waals surface area contributed by atoms with Gasteiger partial charge < -0.3 is 14.6 Å². The van der Waals surface area contributed by atoms with Crippen molar-refractivity contribution in [1.82, 2.24) is 4.90 Å². The highest BCUT2D eigenvalue weighted by Gasteiger charge is 2.26. The van der Waals surface area contributed by atoms with E-state index in [0.717, 1.165) is 34.8 Å². The number of hydrogen-bond acceptors (Lipinski definition) is 3. The van der Waals surface area contributed by atoms with Gasteiger partial charge in [-0.3, -0.25) is 9.59 Å². The van der Waals surface area contributed by atoms with E-state index in [1.165, 1.54) is 25.7 Å². The molecule has 1 aromatic heterocycles. The van der Waals surface area contributed by atoms with Crippen LogP contribution >= 0.6 is 11.6 Å². The molecule has 2 aliphatic rings. The van der Waals surface area contributed by atoms with Gasteiger partial charge in [-0.05, 0) is 54.8 Å². The Labute approximate surface area is 205 Å². The van der Waals surface area contributed by atoms with Crippen LogP contribution in [-0.4, -0.2) is 23.3 Å². The maximum Gasteiger partial charge on any atom is 0.255 e. The average molecular weight is 477 g/mol. The van der Waals surface area contributed by atoms with E-state index in [1.807, 2.05) is 47.4 Å². The van der Waals surface area contributed by atoms with Crippen molar-refractivity contribution >= 4 is 29.1 Å². The van der Waals surface area contributed by atoms with Gasteiger partial charge >= 0.3 is 0 Å². The summed E-state index contributed by atoms with van der Waals surface area (Å²) in [6.07, 6.45) is 7.38. The first kappa shape index (κ1) is 22.7. The number of halogens is 1. The zero-order chi connectivity index (χ0) is 23.5. The predicted molar refractivity (Wildman–Crippen MR) is 134 cm³/mol. The van der Waals surface area contributed by atoms with Crippen LogP contribution in [0.5, 0.6) is 0 Å². The second kappa shape index (κ2) is 10.1. The number of amides is 2. The highest BCUT2D eigenvalue weighted by atomic mass is 35.5. The van der Waals surface area contributed by atoms with E-state index in [0.29, 0.717) is 42.4 Å². The zero-order valence-electron chi connectivity index (χ0n) is 19.2. The largest absolute Gasteiger partial charge is 0.461 e. The molecule has 3 aromatic rings. The van der Waals surface area contributed by atoms with Crippen molar-refractivity contribution in [2.24, 2.45) is 5.92 Å². The van der Waals surface area contributed by atoms with Crippen molar-refractivity contribution in [3.63, 3.8) is 0 Å². The maximum absolute atomic E-state index is 12.9. The quantitative estimate of drug-likeness (QED) is 0.430. The van der Waals surface area contributed by atoms with Crippen LogP contribution in [0.3, 0.4) is 0 Å². The first-order chi connectivity index (χ1) is 16.6. The number of anilines is 1. The molecule has 1 N–H and O–H groups in total. The van der Waals surface area contributed by atoms with Gasteiger partial charge in [0, 0.05) is 42.7 Å². The number of carbonyl (C=O) groups excluding carboxylic acids is 2. The van der Waals surface area contributed by atoms with E-state index in [9.17, 15) is 9.59 Å². The van der Waals surface area contributed by atoms with Crippen LogP contribution < -0.4 is 5.32 Å². The van der Waals surface area contributed by atoms with E-state index < -0.39 is 0 Å². The van der Waals surface area contributed by atoms with Gasteiger partial charge in [-0.25, -0.2) is 0 Å². The van der Waals surface area contributed by atoms with Gasteiger partial charge in [0.25, 0.3) is 5.91 Å². The third-order valence-electron chi connectivity index (χ3n) is 6.97. The molecule has 0 bridgehead atoms. The molecule has 176 valence electrons. The topological polar surface area (TPSA) is 62.6 Å². The van der Waals surface area contributed by atoms with Crippen LogP contribution in [0.25, 0.3) is 11.3 Å². The molecule has 2 aromatic carbocycles. The number of hydrogen-bond donors (Lipinski definition) is 1. The number of nitrogens with one attached hydrogen (secondary N) is 1. The van der Waals surface area contributed by atoms with Gasteiger partial charge in [-0.1, -0.05) is 49.4 Å². The molecule has 1 saturated carbocycles. The molecule has 0 spiro atoms. The van der Waals surface area contributed by atoms with Crippen molar-refractivity contribution in [1.29, 1.82) is 0 Å². The third-order valence-corrected chi connectivity index (χ3v) is 7.30. The molecule has 2 amide bonds. The Kier molecular flexibility index (Phi) is 6.73. The molecule has 1 aliphatic carbocycles. The summed E-state index contributed by atoms with van der Waals surface area (Å²) in [7, 11) is 0. The summed E-state index contributed by atoms with van der Waals surface area (Å²) in [6.45, 7) is 1.09. The fourth-order valence-corrected chi connectivity index (χ4v) is 5.25. The Balaban J connectivity index is 1.21. The van der Waals surface area contributed by atoms with Gasteiger partial charge in [-0.15, -0.1) is 0 Å². The highest BCUT2D eigenvalue weighted by Crippen LogP contribution is 2.32. The molecule has 0 radical (unpaired) electrons. The first-order valence-electron chi connectivity index (χ1n) is 12.1. The fourth-order valence-electron chi connectivity index (χ4n) is 5.03. The summed E-state index contributed by atoms with van der Waals surface area (Å²) in [5.74, 6) is 2.43. The Morgan fingerprint density at radius 2 is 1.82 bits per heavy atom. The van der Waals surface area contributed by atoms with E-state index in [1.54, 1.807) is 12.1 Å². The van der Waals surface area contributed by atoms with Crippen LogP contribution in [0.15, 0.2) is 59.0 Å². The van der Waals surface area contributed by atoms with Crippen molar-refractivity contribution in [2.75, 3.05) is 11.9 Å². The van der Waals surface area contributed by atoms with Gasteiger partial charge in [0.1, 0.15) is 11.5 Å². The molecule has 2 heterocycles. The number of rotatable bonds is 6. The molecule has 1 fully saturated rings. The number of furan rings is 1. The smallest absolute Gasteiger partial charge is 0.255 e. The summed E-state index contributed by atoms with van der Waals surface area (Å²) in [6, 6.07) is 16.9. The molecule has 5 rings (SSSR count). The number of benzene rings is 2. The Morgan fingerprint density at radius 1 is 1.06 bits per heavy atom. The lowest BCUT2D eigenvalue weighted by atomic mass is 10.0. The average Bonchev–Trinajstić information content (AvgIpc) is 3.52. The summed E-state index contributed by atoms with van der Waals surface area (Å²) in [5.41, 5.74) is 3.29. The van der Waals surface area contributed by atoms with Crippen molar-refractivity contribution in [3.05, 3.63) is 76.5 Å². The second-order valence-electron chi connectivity index (χ2n) is 9.33. The third kappa shape index (κ3) is 5.05. The Morgan fingerprint density at radius 3 is 2.59 bits per heavy atom. The van der Waals surface area contributed by atoms with Gasteiger partial charge in [0.15, 0.2) is 0 Å². The normalized spacial score (nSPS) is 15.9. The SMILES string of the molecule is O=C(CCC1CCCC1)Nc1ccc(-c2cc3c(o2)CCN(C(=O)c2ccccc2Cl)C3)cc1. The van der Waals surface area contributed by atoms with Crippen molar-refractivity contribution in [3.8, 4) is 11.3 Å². The first-order valence-corrected chi connectivity index (χ1v) is 12.5. The number of carbonyl (C=O) groups is 2. The summed E-state index contributed by atoms with van der Waals surface area (Å²) in [4.78, 5) is 27.0. The molecule has 34 heavy (non-hydrogen) atoms. The zero-order valence-corrected chi connectivity index (χ0v) is 19.9. The number of nitrogens with zero attached hydrogens (tertiary/aromatic N) is 1. The molecule has 0 unspecified atom stereocenters. The minimum absolute atomic E-state index is 0.0629.